The number of amides is 1. The zero-order chi connectivity index (χ0) is 11.2. The first-order valence-corrected chi connectivity index (χ1v) is 5.10. The lowest BCUT2D eigenvalue weighted by Gasteiger charge is -2.19. The van der Waals surface area contributed by atoms with Crippen molar-refractivity contribution in [1.29, 1.82) is 0 Å². The van der Waals surface area contributed by atoms with Crippen molar-refractivity contribution >= 4 is 17.3 Å². The lowest BCUT2D eigenvalue weighted by Crippen LogP contribution is -2.31. The predicted octanol–water partition coefficient (Wildman–Crippen LogP) is 1.91. The number of carbonyl (C=O) groups is 1. The van der Waals surface area contributed by atoms with E-state index in [9.17, 15) is 4.79 Å². The molecule has 1 amide bonds. The van der Waals surface area contributed by atoms with Crippen molar-refractivity contribution in [1.82, 2.24) is 0 Å². The number of rotatable bonds is 0. The molecule has 1 heterocycles. The number of hydrogen-bond donors (Lipinski definition) is 1. The summed E-state index contributed by atoms with van der Waals surface area (Å²) in [6.07, 6.45) is 0. The van der Waals surface area contributed by atoms with E-state index in [0.29, 0.717) is 0 Å². The second kappa shape index (κ2) is 2.99. The fourth-order valence-corrected chi connectivity index (χ4v) is 2.18. The molecule has 1 aromatic rings. The Labute approximate surface area is 89.9 Å². The molecule has 0 atom stereocenters. The molecule has 0 aliphatic carbocycles. The highest BCUT2D eigenvalue weighted by atomic mass is 16.2. The average Bonchev–Trinajstić information content (AvgIpc) is 2.39. The third-order valence-electron chi connectivity index (χ3n) is 2.97. The first-order chi connectivity index (χ1) is 6.92. The highest BCUT2D eigenvalue weighted by Crippen LogP contribution is 2.41. The van der Waals surface area contributed by atoms with Gasteiger partial charge in [0.25, 0.3) is 0 Å². The van der Waals surface area contributed by atoms with Crippen molar-refractivity contribution in [3.05, 3.63) is 23.8 Å². The first kappa shape index (κ1) is 10.0. The number of benzene rings is 1. The molecule has 2 N–H and O–H groups in total. The third-order valence-corrected chi connectivity index (χ3v) is 2.97. The van der Waals surface area contributed by atoms with E-state index in [0.717, 1.165) is 23.5 Å². The molecule has 3 nitrogen and oxygen atoms in total. The van der Waals surface area contributed by atoms with E-state index in [1.807, 2.05) is 23.1 Å². The lowest BCUT2D eigenvalue weighted by atomic mass is 9.87. The van der Waals surface area contributed by atoms with E-state index in [1.54, 1.807) is 6.92 Å². The van der Waals surface area contributed by atoms with Crippen LogP contribution in [0.4, 0.5) is 11.4 Å². The third kappa shape index (κ3) is 1.48. The van der Waals surface area contributed by atoms with Crippen LogP contribution in [0.1, 0.15) is 26.3 Å². The van der Waals surface area contributed by atoms with E-state index in [2.05, 4.69) is 13.8 Å². The number of anilines is 2. The van der Waals surface area contributed by atoms with Gasteiger partial charge in [0.05, 0.1) is 0 Å². The van der Waals surface area contributed by atoms with E-state index < -0.39 is 0 Å². The van der Waals surface area contributed by atoms with Gasteiger partial charge in [-0.1, -0.05) is 13.8 Å². The smallest absolute Gasteiger partial charge is 0.223 e. The molecule has 15 heavy (non-hydrogen) atoms. The van der Waals surface area contributed by atoms with Crippen LogP contribution < -0.4 is 10.6 Å². The summed E-state index contributed by atoms with van der Waals surface area (Å²) in [5.41, 5.74) is 8.69. The number of hydrogen-bond acceptors (Lipinski definition) is 2. The van der Waals surface area contributed by atoms with Crippen molar-refractivity contribution in [3.63, 3.8) is 0 Å². The van der Waals surface area contributed by atoms with Gasteiger partial charge in [-0.15, -0.1) is 0 Å². The molecule has 0 bridgehead atoms. The molecule has 2 rings (SSSR count). The number of nitrogens with two attached hydrogens (primary N) is 1. The van der Waals surface area contributed by atoms with Crippen LogP contribution in [-0.4, -0.2) is 12.5 Å². The quantitative estimate of drug-likeness (QED) is 0.656. The van der Waals surface area contributed by atoms with Crippen LogP contribution in [0.3, 0.4) is 0 Å². The number of nitrogens with zero attached hydrogens (tertiary/aromatic N) is 1. The first-order valence-electron chi connectivity index (χ1n) is 5.10. The van der Waals surface area contributed by atoms with E-state index in [-0.39, 0.29) is 11.3 Å². The molecule has 0 aromatic heterocycles. The van der Waals surface area contributed by atoms with Gasteiger partial charge in [0, 0.05) is 30.3 Å². The molecular formula is C12H16N2O. The lowest BCUT2D eigenvalue weighted by molar-refractivity contribution is -0.116. The molecule has 3 heteroatoms. The van der Waals surface area contributed by atoms with Crippen LogP contribution in [0.5, 0.6) is 0 Å². The zero-order valence-electron chi connectivity index (χ0n) is 9.37. The molecule has 0 unspecified atom stereocenters. The van der Waals surface area contributed by atoms with E-state index >= 15 is 0 Å². The maximum absolute atomic E-state index is 11.5. The molecule has 0 radical (unpaired) electrons. The van der Waals surface area contributed by atoms with Gasteiger partial charge in [0.2, 0.25) is 5.91 Å². The summed E-state index contributed by atoms with van der Waals surface area (Å²) in [6.45, 7) is 6.60. The Bertz CT molecular complexity index is 424. The van der Waals surface area contributed by atoms with E-state index in [4.69, 9.17) is 5.73 Å². The van der Waals surface area contributed by atoms with Gasteiger partial charge in [0.1, 0.15) is 0 Å². The predicted molar refractivity (Wildman–Crippen MR) is 61.9 cm³/mol. The fraction of sp³-hybridized carbons (Fsp3) is 0.417. The largest absolute Gasteiger partial charge is 0.399 e. The van der Waals surface area contributed by atoms with Crippen LogP contribution in [-0.2, 0) is 10.2 Å². The molecule has 1 aliphatic heterocycles. The van der Waals surface area contributed by atoms with Crippen LogP contribution in [0.25, 0.3) is 0 Å². The zero-order valence-corrected chi connectivity index (χ0v) is 9.37. The van der Waals surface area contributed by atoms with Crippen molar-refractivity contribution in [2.45, 2.75) is 26.2 Å². The Morgan fingerprint density at radius 3 is 2.73 bits per heavy atom. The summed E-state index contributed by atoms with van der Waals surface area (Å²) >= 11 is 0. The van der Waals surface area contributed by atoms with Gasteiger partial charge in [-0.3, -0.25) is 4.79 Å². The second-order valence-corrected chi connectivity index (χ2v) is 4.77. The highest BCUT2D eigenvalue weighted by molar-refractivity contribution is 5.95. The van der Waals surface area contributed by atoms with Crippen LogP contribution in [0, 0.1) is 0 Å². The minimum Gasteiger partial charge on any atom is -0.399 e. The van der Waals surface area contributed by atoms with Gasteiger partial charge < -0.3 is 10.6 Å². The molecule has 0 fully saturated rings. The molecule has 0 spiro atoms. The Balaban J connectivity index is 2.58. The van der Waals surface area contributed by atoms with Crippen LogP contribution in [0.2, 0.25) is 0 Å². The van der Waals surface area contributed by atoms with Crippen molar-refractivity contribution in [2.75, 3.05) is 17.2 Å². The van der Waals surface area contributed by atoms with Crippen molar-refractivity contribution < 1.29 is 4.79 Å². The summed E-state index contributed by atoms with van der Waals surface area (Å²) in [7, 11) is 0. The highest BCUT2D eigenvalue weighted by Gasteiger charge is 2.36. The number of nitrogen functional groups attached to an aromatic ring is 1. The molecule has 80 valence electrons. The number of carbonyl (C=O) groups excluding carboxylic acids is 1. The molecule has 1 aromatic carbocycles. The van der Waals surface area contributed by atoms with Crippen molar-refractivity contribution in [2.24, 2.45) is 0 Å². The minimum absolute atomic E-state index is 0.00359. The van der Waals surface area contributed by atoms with Gasteiger partial charge in [-0.2, -0.15) is 0 Å². The normalized spacial score (nSPS) is 17.7. The standard InChI is InChI=1S/C12H16N2O/c1-8(15)14-7-12(2,3)10-6-9(13)4-5-11(10)14/h4-6H,7,13H2,1-3H3. The summed E-state index contributed by atoms with van der Waals surface area (Å²) in [6, 6.07) is 5.75. The Morgan fingerprint density at radius 1 is 1.47 bits per heavy atom. The second-order valence-electron chi connectivity index (χ2n) is 4.77. The maximum atomic E-state index is 11.5. The summed E-state index contributed by atoms with van der Waals surface area (Å²) in [4.78, 5) is 13.3. The van der Waals surface area contributed by atoms with Crippen molar-refractivity contribution in [3.8, 4) is 0 Å². The van der Waals surface area contributed by atoms with Crippen LogP contribution >= 0.6 is 0 Å². The summed E-state index contributed by atoms with van der Waals surface area (Å²) in [5, 5.41) is 0. The van der Waals surface area contributed by atoms with E-state index in [1.165, 1.54) is 0 Å². The fourth-order valence-electron chi connectivity index (χ4n) is 2.18. The van der Waals surface area contributed by atoms with Crippen LogP contribution in [0.15, 0.2) is 18.2 Å². The minimum atomic E-state index is -0.00359. The van der Waals surface area contributed by atoms with Gasteiger partial charge in [0.15, 0.2) is 0 Å². The topological polar surface area (TPSA) is 46.3 Å². The molecular weight excluding hydrogens is 188 g/mol. The monoisotopic (exact) mass is 204 g/mol. The van der Waals surface area contributed by atoms with Gasteiger partial charge in [-0.05, 0) is 23.8 Å². The average molecular weight is 204 g/mol. The van der Waals surface area contributed by atoms with Gasteiger partial charge >= 0.3 is 0 Å². The van der Waals surface area contributed by atoms with Gasteiger partial charge in [-0.25, -0.2) is 0 Å². The molecule has 1 aliphatic rings. The summed E-state index contributed by atoms with van der Waals surface area (Å²) in [5.74, 6) is 0.0894. The Kier molecular flexibility index (Phi) is 2.00. The number of fused-ring (bicyclic) bond motifs is 1. The maximum Gasteiger partial charge on any atom is 0.223 e. The Morgan fingerprint density at radius 2 is 2.13 bits per heavy atom. The molecule has 0 saturated carbocycles. The summed E-state index contributed by atoms with van der Waals surface area (Å²) < 4.78 is 0. The SMILES string of the molecule is CC(=O)N1CC(C)(C)c2cc(N)ccc21. The Hall–Kier alpha value is -1.51. The molecule has 0 saturated heterocycles.